The summed E-state index contributed by atoms with van der Waals surface area (Å²) in [5.74, 6) is -0.433. The maximum absolute atomic E-state index is 11.3. The fourth-order valence-electron chi connectivity index (χ4n) is 1.000. The number of carbonyl (C=O) groups is 1. The first kappa shape index (κ1) is 11.6. The van der Waals surface area contributed by atoms with E-state index in [1.165, 1.54) is 6.33 Å². The number of nitrogens with zero attached hydrogens (tertiary/aromatic N) is 2. The van der Waals surface area contributed by atoms with E-state index >= 15 is 0 Å². The molecule has 0 aliphatic heterocycles. The molecule has 0 fully saturated rings. The Morgan fingerprint density at radius 2 is 2.13 bits per heavy atom. The van der Waals surface area contributed by atoms with Crippen LogP contribution >= 0.6 is 0 Å². The average Bonchev–Trinajstić information content (AvgIpc) is 2.27. The van der Waals surface area contributed by atoms with Gasteiger partial charge in [0.1, 0.15) is 6.33 Å². The number of rotatable bonds is 5. The van der Waals surface area contributed by atoms with Crippen molar-refractivity contribution in [1.82, 2.24) is 9.97 Å². The molecule has 0 spiro atoms. The van der Waals surface area contributed by atoms with Crippen molar-refractivity contribution in [3.8, 4) is 0 Å². The SMILES string of the molecule is CCOCc1cc(C(=O)OCC)ncn1. The molecule has 0 unspecified atom stereocenters. The molecule has 0 N–H and O–H groups in total. The van der Waals surface area contributed by atoms with E-state index < -0.39 is 5.97 Å². The van der Waals surface area contributed by atoms with Crippen LogP contribution in [-0.2, 0) is 16.1 Å². The fraction of sp³-hybridized carbons (Fsp3) is 0.500. The Balaban J connectivity index is 2.69. The van der Waals surface area contributed by atoms with E-state index in [1.54, 1.807) is 13.0 Å². The Labute approximate surface area is 88.4 Å². The molecule has 0 aromatic carbocycles. The number of carbonyl (C=O) groups excluding carboxylic acids is 1. The van der Waals surface area contributed by atoms with Crippen LogP contribution in [0.2, 0.25) is 0 Å². The van der Waals surface area contributed by atoms with Crippen LogP contribution in [0, 0.1) is 0 Å². The van der Waals surface area contributed by atoms with Gasteiger partial charge in [0.15, 0.2) is 5.69 Å². The molecule has 0 bridgehead atoms. The van der Waals surface area contributed by atoms with Crippen LogP contribution < -0.4 is 0 Å². The number of aromatic nitrogens is 2. The highest BCUT2D eigenvalue weighted by Crippen LogP contribution is 2.01. The minimum Gasteiger partial charge on any atom is -0.461 e. The van der Waals surface area contributed by atoms with Crippen molar-refractivity contribution >= 4 is 5.97 Å². The first-order chi connectivity index (χ1) is 7.27. The van der Waals surface area contributed by atoms with Crippen LogP contribution in [0.1, 0.15) is 30.0 Å². The standard InChI is InChI=1S/C10H14N2O3/c1-3-14-6-8-5-9(12-7-11-8)10(13)15-4-2/h5,7H,3-4,6H2,1-2H3. The van der Waals surface area contributed by atoms with Crippen LogP contribution in [0.4, 0.5) is 0 Å². The van der Waals surface area contributed by atoms with Gasteiger partial charge in [-0.1, -0.05) is 0 Å². The molecular formula is C10H14N2O3. The Morgan fingerprint density at radius 3 is 2.80 bits per heavy atom. The zero-order valence-electron chi connectivity index (χ0n) is 8.90. The van der Waals surface area contributed by atoms with E-state index in [0.717, 1.165) is 0 Å². The minimum atomic E-state index is -0.433. The van der Waals surface area contributed by atoms with Crippen LogP contribution in [0.25, 0.3) is 0 Å². The van der Waals surface area contributed by atoms with Crippen LogP contribution in [-0.4, -0.2) is 29.2 Å². The summed E-state index contributed by atoms with van der Waals surface area (Å²) in [6.45, 7) is 4.97. The minimum absolute atomic E-state index is 0.265. The van der Waals surface area contributed by atoms with Crippen molar-refractivity contribution in [3.63, 3.8) is 0 Å². The van der Waals surface area contributed by atoms with Gasteiger partial charge in [0.05, 0.1) is 18.9 Å². The second-order valence-electron chi connectivity index (χ2n) is 2.75. The van der Waals surface area contributed by atoms with Gasteiger partial charge in [-0.15, -0.1) is 0 Å². The summed E-state index contributed by atoms with van der Waals surface area (Å²) in [7, 11) is 0. The zero-order valence-corrected chi connectivity index (χ0v) is 8.90. The summed E-state index contributed by atoms with van der Waals surface area (Å²) in [5, 5.41) is 0. The van der Waals surface area contributed by atoms with E-state index in [9.17, 15) is 4.79 Å². The lowest BCUT2D eigenvalue weighted by Crippen LogP contribution is -2.08. The lowest BCUT2D eigenvalue weighted by atomic mass is 10.3. The molecule has 1 aromatic rings. The summed E-state index contributed by atoms with van der Waals surface area (Å²) in [6.07, 6.45) is 1.33. The molecule has 1 aromatic heterocycles. The average molecular weight is 210 g/mol. The summed E-state index contributed by atoms with van der Waals surface area (Å²) in [4.78, 5) is 19.1. The molecule has 15 heavy (non-hydrogen) atoms. The first-order valence-corrected chi connectivity index (χ1v) is 4.83. The summed E-state index contributed by atoms with van der Waals surface area (Å²) >= 11 is 0. The second kappa shape index (κ2) is 6.08. The third kappa shape index (κ3) is 3.63. The largest absolute Gasteiger partial charge is 0.461 e. The predicted molar refractivity (Wildman–Crippen MR) is 53.3 cm³/mol. The van der Waals surface area contributed by atoms with Gasteiger partial charge < -0.3 is 9.47 Å². The quantitative estimate of drug-likeness (QED) is 0.683. The number of hydrogen-bond acceptors (Lipinski definition) is 5. The molecule has 0 saturated carbocycles. The van der Waals surface area contributed by atoms with Crippen molar-refractivity contribution in [3.05, 3.63) is 23.8 Å². The molecule has 0 amide bonds. The Hall–Kier alpha value is -1.49. The predicted octanol–water partition coefficient (Wildman–Crippen LogP) is 1.19. The number of hydrogen-bond donors (Lipinski definition) is 0. The molecule has 0 saturated heterocycles. The molecular weight excluding hydrogens is 196 g/mol. The lowest BCUT2D eigenvalue weighted by Gasteiger charge is -2.03. The summed E-state index contributed by atoms with van der Waals surface area (Å²) in [6, 6.07) is 1.58. The highest BCUT2D eigenvalue weighted by atomic mass is 16.5. The number of ether oxygens (including phenoxy) is 2. The van der Waals surface area contributed by atoms with Crippen molar-refractivity contribution in [2.24, 2.45) is 0 Å². The normalized spacial score (nSPS) is 10.0. The topological polar surface area (TPSA) is 61.3 Å². The van der Waals surface area contributed by atoms with Gasteiger partial charge in [-0.3, -0.25) is 0 Å². The molecule has 1 heterocycles. The maximum Gasteiger partial charge on any atom is 0.357 e. The fourth-order valence-corrected chi connectivity index (χ4v) is 1.000. The van der Waals surface area contributed by atoms with Crippen molar-refractivity contribution < 1.29 is 14.3 Å². The molecule has 82 valence electrons. The molecule has 0 radical (unpaired) electrons. The molecule has 0 aliphatic rings. The highest BCUT2D eigenvalue weighted by molar-refractivity contribution is 5.87. The summed E-state index contributed by atoms with van der Waals surface area (Å²) < 4.78 is 9.99. The van der Waals surface area contributed by atoms with Gasteiger partial charge >= 0.3 is 5.97 Å². The van der Waals surface area contributed by atoms with E-state index in [0.29, 0.717) is 25.5 Å². The van der Waals surface area contributed by atoms with Crippen molar-refractivity contribution in [2.45, 2.75) is 20.5 Å². The van der Waals surface area contributed by atoms with Crippen molar-refractivity contribution in [1.29, 1.82) is 0 Å². The monoisotopic (exact) mass is 210 g/mol. The van der Waals surface area contributed by atoms with Crippen LogP contribution in [0.5, 0.6) is 0 Å². The maximum atomic E-state index is 11.3. The first-order valence-electron chi connectivity index (χ1n) is 4.83. The molecule has 5 nitrogen and oxygen atoms in total. The molecule has 5 heteroatoms. The van der Waals surface area contributed by atoms with Gasteiger partial charge in [0.2, 0.25) is 0 Å². The van der Waals surface area contributed by atoms with Gasteiger partial charge in [-0.2, -0.15) is 0 Å². The smallest absolute Gasteiger partial charge is 0.357 e. The van der Waals surface area contributed by atoms with Crippen LogP contribution in [0.3, 0.4) is 0 Å². The Morgan fingerprint density at radius 1 is 1.33 bits per heavy atom. The number of esters is 1. The zero-order chi connectivity index (χ0) is 11.1. The van der Waals surface area contributed by atoms with Gasteiger partial charge in [-0.05, 0) is 19.9 Å². The van der Waals surface area contributed by atoms with Gasteiger partial charge in [-0.25, -0.2) is 14.8 Å². The van der Waals surface area contributed by atoms with E-state index in [-0.39, 0.29) is 5.69 Å². The molecule has 1 rings (SSSR count). The Kier molecular flexibility index (Phi) is 4.70. The third-order valence-corrected chi connectivity index (χ3v) is 1.66. The Bertz CT molecular complexity index is 328. The summed E-state index contributed by atoms with van der Waals surface area (Å²) in [5.41, 5.74) is 0.941. The van der Waals surface area contributed by atoms with Crippen molar-refractivity contribution in [2.75, 3.05) is 13.2 Å². The highest BCUT2D eigenvalue weighted by Gasteiger charge is 2.08. The second-order valence-corrected chi connectivity index (χ2v) is 2.75. The van der Waals surface area contributed by atoms with E-state index in [2.05, 4.69) is 9.97 Å². The third-order valence-electron chi connectivity index (χ3n) is 1.66. The van der Waals surface area contributed by atoms with Gasteiger partial charge in [0, 0.05) is 6.61 Å². The molecule has 0 aliphatic carbocycles. The van der Waals surface area contributed by atoms with E-state index in [1.807, 2.05) is 6.92 Å². The van der Waals surface area contributed by atoms with E-state index in [4.69, 9.17) is 9.47 Å². The van der Waals surface area contributed by atoms with Gasteiger partial charge in [0.25, 0.3) is 0 Å². The lowest BCUT2D eigenvalue weighted by molar-refractivity contribution is 0.0518. The molecule has 0 atom stereocenters. The van der Waals surface area contributed by atoms with Crippen LogP contribution in [0.15, 0.2) is 12.4 Å².